The number of methoxy groups -OCH3 is 1. The fourth-order valence-corrected chi connectivity index (χ4v) is 3.53. The highest BCUT2D eigenvalue weighted by molar-refractivity contribution is 14.0. The van der Waals surface area contributed by atoms with E-state index in [1.165, 1.54) is 4.90 Å². The average molecular weight is 537 g/mol. The standard InChI is InChI=1S/C18H25ClN6O3.HI/c1-20-17(21-6-8-25-16(26)10-22-18(25)27)23-13-5-7-24(11-13)14-9-12(19)3-4-15(14)28-2;/h3-4,9,13H,5-8,10-11H2,1-2H3,(H,22,27)(H2,20,21,23);1H. The average Bonchev–Trinajstić information content (AvgIpc) is 3.28. The molecule has 0 aliphatic carbocycles. The Kier molecular flexibility index (Phi) is 8.62. The Morgan fingerprint density at radius 1 is 1.41 bits per heavy atom. The summed E-state index contributed by atoms with van der Waals surface area (Å²) in [6, 6.07) is 5.44. The van der Waals surface area contributed by atoms with Gasteiger partial charge in [0.15, 0.2) is 5.96 Å². The lowest BCUT2D eigenvalue weighted by molar-refractivity contribution is -0.124. The first-order chi connectivity index (χ1) is 13.5. The maximum Gasteiger partial charge on any atom is 0.324 e. The van der Waals surface area contributed by atoms with Gasteiger partial charge in [-0.1, -0.05) is 11.6 Å². The molecule has 0 radical (unpaired) electrons. The predicted molar refractivity (Wildman–Crippen MR) is 124 cm³/mol. The first-order valence-corrected chi connectivity index (χ1v) is 9.53. The number of guanidine groups is 1. The van der Waals surface area contributed by atoms with Crippen LogP contribution in [0.3, 0.4) is 0 Å². The van der Waals surface area contributed by atoms with Gasteiger partial charge in [-0.2, -0.15) is 0 Å². The summed E-state index contributed by atoms with van der Waals surface area (Å²) in [7, 11) is 3.34. The summed E-state index contributed by atoms with van der Waals surface area (Å²) in [5.41, 5.74) is 0.973. The van der Waals surface area contributed by atoms with E-state index < -0.39 is 0 Å². The van der Waals surface area contributed by atoms with Gasteiger partial charge >= 0.3 is 6.03 Å². The summed E-state index contributed by atoms with van der Waals surface area (Å²) in [6.45, 7) is 2.44. The van der Waals surface area contributed by atoms with E-state index in [2.05, 4.69) is 25.8 Å². The van der Waals surface area contributed by atoms with Crippen LogP contribution in [0.25, 0.3) is 0 Å². The van der Waals surface area contributed by atoms with Gasteiger partial charge < -0.3 is 25.6 Å². The van der Waals surface area contributed by atoms with Crippen LogP contribution in [0.2, 0.25) is 5.02 Å². The van der Waals surface area contributed by atoms with Gasteiger partial charge in [0.25, 0.3) is 0 Å². The third kappa shape index (κ3) is 5.78. The van der Waals surface area contributed by atoms with Gasteiger partial charge in [-0.3, -0.25) is 14.7 Å². The highest BCUT2D eigenvalue weighted by Gasteiger charge is 2.28. The number of urea groups is 1. The van der Waals surface area contributed by atoms with Crippen LogP contribution in [0.5, 0.6) is 5.75 Å². The van der Waals surface area contributed by atoms with E-state index >= 15 is 0 Å². The van der Waals surface area contributed by atoms with Gasteiger partial charge in [0.2, 0.25) is 5.91 Å². The van der Waals surface area contributed by atoms with E-state index in [9.17, 15) is 9.59 Å². The lowest BCUT2D eigenvalue weighted by atomic mass is 10.2. The molecule has 3 amide bonds. The van der Waals surface area contributed by atoms with E-state index in [0.717, 1.165) is 30.9 Å². The van der Waals surface area contributed by atoms with Crippen molar-refractivity contribution in [1.29, 1.82) is 0 Å². The molecule has 29 heavy (non-hydrogen) atoms. The second kappa shape index (κ2) is 10.7. The maximum absolute atomic E-state index is 11.6. The molecule has 160 valence electrons. The number of anilines is 1. The van der Waals surface area contributed by atoms with Crippen molar-refractivity contribution in [3.63, 3.8) is 0 Å². The topological polar surface area (TPSA) is 98.3 Å². The predicted octanol–water partition coefficient (Wildman–Crippen LogP) is 1.26. The lowest BCUT2D eigenvalue weighted by Gasteiger charge is -2.22. The summed E-state index contributed by atoms with van der Waals surface area (Å²) in [6.07, 6.45) is 0.934. The number of carbonyl (C=O) groups excluding carboxylic acids is 2. The summed E-state index contributed by atoms with van der Waals surface area (Å²) in [4.78, 5) is 30.8. The third-order valence-corrected chi connectivity index (χ3v) is 5.03. The van der Waals surface area contributed by atoms with E-state index in [1.807, 2.05) is 18.2 Å². The molecule has 2 heterocycles. The fraction of sp³-hybridized carbons (Fsp3) is 0.500. The molecule has 3 N–H and O–H groups in total. The first kappa shape index (κ1) is 23.3. The zero-order valence-corrected chi connectivity index (χ0v) is 19.5. The number of halogens is 2. The monoisotopic (exact) mass is 536 g/mol. The van der Waals surface area contributed by atoms with Crippen LogP contribution in [0.1, 0.15) is 6.42 Å². The van der Waals surface area contributed by atoms with Crippen LogP contribution in [0, 0.1) is 0 Å². The molecule has 0 aromatic heterocycles. The number of hydrogen-bond donors (Lipinski definition) is 3. The molecule has 0 bridgehead atoms. The number of nitrogens with one attached hydrogen (secondary N) is 3. The molecule has 9 nitrogen and oxygen atoms in total. The summed E-state index contributed by atoms with van der Waals surface area (Å²) < 4.78 is 5.45. The molecule has 2 saturated heterocycles. The number of carbonyl (C=O) groups is 2. The largest absolute Gasteiger partial charge is 0.495 e. The Morgan fingerprint density at radius 2 is 2.21 bits per heavy atom. The second-order valence-electron chi connectivity index (χ2n) is 6.60. The van der Waals surface area contributed by atoms with Gasteiger partial charge in [-0.05, 0) is 24.6 Å². The van der Waals surface area contributed by atoms with Crippen molar-refractivity contribution >= 4 is 59.2 Å². The van der Waals surface area contributed by atoms with E-state index in [-0.39, 0.29) is 48.5 Å². The number of hydrogen-bond acceptors (Lipinski definition) is 5. The molecule has 2 fully saturated rings. The summed E-state index contributed by atoms with van der Waals surface area (Å²) in [5, 5.41) is 9.71. The molecule has 3 rings (SSSR count). The SMILES string of the molecule is CN=C(NCCN1C(=O)CNC1=O)NC1CCN(c2cc(Cl)ccc2OC)C1.I. The number of aliphatic imine (C=N–C) groups is 1. The minimum absolute atomic E-state index is 0. The minimum Gasteiger partial charge on any atom is -0.495 e. The zero-order chi connectivity index (χ0) is 20.1. The fourth-order valence-electron chi connectivity index (χ4n) is 3.36. The van der Waals surface area contributed by atoms with Crippen molar-refractivity contribution in [2.45, 2.75) is 12.5 Å². The van der Waals surface area contributed by atoms with Gasteiger partial charge in [0.05, 0.1) is 19.3 Å². The quantitative estimate of drug-likeness (QED) is 0.219. The molecular formula is C18H26ClIN6O3. The summed E-state index contributed by atoms with van der Waals surface area (Å²) in [5.74, 6) is 1.22. The van der Waals surface area contributed by atoms with Crippen molar-refractivity contribution in [3.05, 3.63) is 23.2 Å². The van der Waals surface area contributed by atoms with Crippen LogP contribution < -0.4 is 25.6 Å². The maximum atomic E-state index is 11.6. The smallest absolute Gasteiger partial charge is 0.324 e. The second-order valence-corrected chi connectivity index (χ2v) is 7.03. The molecule has 1 aromatic carbocycles. The summed E-state index contributed by atoms with van der Waals surface area (Å²) >= 11 is 6.14. The van der Waals surface area contributed by atoms with Gasteiger partial charge in [-0.15, -0.1) is 24.0 Å². The zero-order valence-electron chi connectivity index (χ0n) is 16.4. The Balaban J connectivity index is 0.00000300. The van der Waals surface area contributed by atoms with Crippen LogP contribution in [-0.2, 0) is 4.79 Å². The molecular weight excluding hydrogens is 511 g/mol. The van der Waals surface area contributed by atoms with Crippen LogP contribution in [-0.4, -0.2) is 75.7 Å². The molecule has 1 unspecified atom stereocenters. The number of imide groups is 1. The Morgan fingerprint density at radius 3 is 2.86 bits per heavy atom. The van der Waals surface area contributed by atoms with Crippen LogP contribution in [0.15, 0.2) is 23.2 Å². The van der Waals surface area contributed by atoms with Gasteiger partial charge in [0.1, 0.15) is 5.75 Å². The van der Waals surface area contributed by atoms with Crippen molar-refractivity contribution in [2.24, 2.45) is 4.99 Å². The molecule has 1 atom stereocenters. The highest BCUT2D eigenvalue weighted by Crippen LogP contribution is 2.33. The third-order valence-electron chi connectivity index (χ3n) is 4.80. The number of nitrogens with zero attached hydrogens (tertiary/aromatic N) is 3. The molecule has 0 spiro atoms. The molecule has 2 aliphatic rings. The van der Waals surface area contributed by atoms with Crippen molar-refractivity contribution in [2.75, 3.05) is 51.8 Å². The number of amides is 3. The van der Waals surface area contributed by atoms with Gasteiger partial charge in [-0.25, -0.2) is 4.79 Å². The molecule has 1 aromatic rings. The van der Waals surface area contributed by atoms with Crippen molar-refractivity contribution in [1.82, 2.24) is 20.9 Å². The molecule has 0 saturated carbocycles. The van der Waals surface area contributed by atoms with E-state index in [4.69, 9.17) is 16.3 Å². The minimum atomic E-state index is -0.350. The first-order valence-electron chi connectivity index (χ1n) is 9.15. The Labute approximate surface area is 192 Å². The van der Waals surface area contributed by atoms with Gasteiger partial charge in [0, 0.05) is 44.3 Å². The van der Waals surface area contributed by atoms with Crippen LogP contribution >= 0.6 is 35.6 Å². The molecule has 11 heteroatoms. The Hall–Kier alpha value is -1.95. The highest BCUT2D eigenvalue weighted by atomic mass is 127. The van der Waals surface area contributed by atoms with E-state index in [1.54, 1.807) is 14.2 Å². The number of benzene rings is 1. The lowest BCUT2D eigenvalue weighted by Crippen LogP contribution is -2.47. The Bertz CT molecular complexity index is 762. The number of ether oxygens (including phenoxy) is 1. The van der Waals surface area contributed by atoms with Crippen molar-refractivity contribution < 1.29 is 14.3 Å². The normalized spacial score (nSPS) is 19.1. The molecule has 2 aliphatic heterocycles. The van der Waals surface area contributed by atoms with Crippen molar-refractivity contribution in [3.8, 4) is 5.75 Å². The number of rotatable bonds is 6. The van der Waals surface area contributed by atoms with E-state index in [0.29, 0.717) is 24.1 Å². The van der Waals surface area contributed by atoms with Crippen LogP contribution in [0.4, 0.5) is 10.5 Å².